The van der Waals surface area contributed by atoms with E-state index in [9.17, 15) is 14.4 Å². The summed E-state index contributed by atoms with van der Waals surface area (Å²) < 4.78 is 5.58. The van der Waals surface area contributed by atoms with Crippen molar-refractivity contribution in [3.8, 4) is 0 Å². The van der Waals surface area contributed by atoms with Crippen LogP contribution < -0.4 is 15.5 Å². The molecule has 3 amide bonds. The van der Waals surface area contributed by atoms with Gasteiger partial charge in [0.25, 0.3) is 17.7 Å². The number of carbonyl (C=O) groups is 3. The molecule has 274 valence electrons. The third-order valence-electron chi connectivity index (χ3n) is 11.7. The molecule has 3 aliphatic carbocycles. The summed E-state index contributed by atoms with van der Waals surface area (Å²) in [7, 11) is 0. The number of hydrogen-bond acceptors (Lipinski definition) is 8. The number of rotatable bonds is 9. The first-order valence-electron chi connectivity index (χ1n) is 18.5. The molecular formula is C42H46N6O4S. The predicted molar refractivity (Wildman–Crippen MR) is 209 cm³/mol. The molecule has 1 spiro atoms. The normalized spacial score (nSPS) is 25.7. The van der Waals surface area contributed by atoms with Crippen LogP contribution in [0.4, 0.5) is 11.5 Å². The molecule has 3 saturated carbocycles. The molecule has 1 atom stereocenters. The first-order chi connectivity index (χ1) is 25.4. The molecule has 9 rings (SSSR count). The fourth-order valence-electron chi connectivity index (χ4n) is 9.12. The molecule has 3 aliphatic heterocycles. The minimum absolute atomic E-state index is 0.0424. The molecule has 3 aromatic rings. The highest BCUT2D eigenvalue weighted by molar-refractivity contribution is 7.16. The number of nitrogens with zero attached hydrogens (tertiary/aromatic N) is 4. The summed E-state index contributed by atoms with van der Waals surface area (Å²) in [6.07, 6.45) is 12.3. The van der Waals surface area contributed by atoms with Crippen molar-refractivity contribution in [2.75, 3.05) is 36.5 Å². The summed E-state index contributed by atoms with van der Waals surface area (Å²) in [5, 5.41) is 6.30. The average molecular weight is 731 g/mol. The number of amides is 3. The number of anilines is 2. The highest BCUT2D eigenvalue weighted by atomic mass is 32.1. The molecule has 2 aromatic heterocycles. The van der Waals surface area contributed by atoms with Gasteiger partial charge in [-0.1, -0.05) is 25.7 Å². The molecule has 5 heterocycles. The monoisotopic (exact) mass is 730 g/mol. The van der Waals surface area contributed by atoms with E-state index in [2.05, 4.69) is 34.0 Å². The molecular weight excluding hydrogens is 685 g/mol. The number of ether oxygens (including phenoxy) is 1. The lowest BCUT2D eigenvalue weighted by Gasteiger charge is -2.69. The van der Waals surface area contributed by atoms with Gasteiger partial charge in [0, 0.05) is 60.4 Å². The van der Waals surface area contributed by atoms with E-state index in [4.69, 9.17) is 9.73 Å². The zero-order valence-electron chi connectivity index (χ0n) is 30.8. The van der Waals surface area contributed by atoms with Crippen LogP contribution in [0.15, 0.2) is 89.9 Å². The Hall–Kier alpha value is -4.87. The molecule has 10 nitrogen and oxygen atoms in total. The third kappa shape index (κ3) is 6.44. The van der Waals surface area contributed by atoms with E-state index >= 15 is 0 Å². The zero-order chi connectivity index (χ0) is 37.1. The summed E-state index contributed by atoms with van der Waals surface area (Å²) in [6, 6.07) is 12.2. The number of benzene rings is 1. The van der Waals surface area contributed by atoms with E-state index in [-0.39, 0.29) is 28.7 Å². The first-order valence-corrected chi connectivity index (χ1v) is 19.3. The molecule has 5 fully saturated rings. The molecule has 2 bridgehead atoms. The van der Waals surface area contributed by atoms with E-state index in [0.717, 1.165) is 68.8 Å². The smallest absolute Gasteiger partial charge is 0.261 e. The minimum atomic E-state index is -0.399. The van der Waals surface area contributed by atoms with Gasteiger partial charge in [0.2, 0.25) is 0 Å². The third-order valence-corrected chi connectivity index (χ3v) is 12.8. The van der Waals surface area contributed by atoms with Crippen LogP contribution in [0.5, 0.6) is 0 Å². The van der Waals surface area contributed by atoms with Gasteiger partial charge < -0.3 is 25.2 Å². The Kier molecular flexibility index (Phi) is 8.77. The van der Waals surface area contributed by atoms with Gasteiger partial charge in [-0.15, -0.1) is 11.3 Å². The SMILES string of the molecule is C=C/C=C\C1=C(C)N(C(=O)c2ccc(NC(=O)c3cc(C)cnc3N3CC4(CCOCC4)C3)cc2)[C@H](C)C(c2ccc(C(=O)NC34CC(C)(C3)C4)s2)=N1. The lowest BCUT2D eigenvalue weighted by atomic mass is 9.40. The van der Waals surface area contributed by atoms with E-state index in [1.807, 2.05) is 45.0 Å². The Morgan fingerprint density at radius 2 is 1.74 bits per heavy atom. The maximum atomic E-state index is 14.3. The molecule has 6 aliphatic rings. The van der Waals surface area contributed by atoms with Gasteiger partial charge >= 0.3 is 0 Å². The van der Waals surface area contributed by atoms with Crippen LogP contribution in [0.25, 0.3) is 0 Å². The van der Waals surface area contributed by atoms with Crippen LogP contribution in [-0.4, -0.2) is 71.2 Å². The van der Waals surface area contributed by atoms with Crippen molar-refractivity contribution in [2.24, 2.45) is 15.8 Å². The summed E-state index contributed by atoms with van der Waals surface area (Å²) in [6.45, 7) is 15.2. The first kappa shape index (κ1) is 35.2. The van der Waals surface area contributed by atoms with Gasteiger partial charge in [-0.3, -0.25) is 14.4 Å². The second kappa shape index (κ2) is 13.2. The van der Waals surface area contributed by atoms with Crippen molar-refractivity contribution in [1.29, 1.82) is 0 Å². The van der Waals surface area contributed by atoms with Gasteiger partial charge in [0.05, 0.1) is 32.8 Å². The van der Waals surface area contributed by atoms with Gasteiger partial charge in [-0.05, 0) is 112 Å². The standard InChI is InChI=1S/C42H46N6O4S/c1-6-7-8-32-27(3)48(28(4)35(45-32)33-13-14-34(53-33)38(50)46-42-21-40(5,22-42)23-42)39(51)29-9-11-30(12-10-29)44-37(49)31-19-26(2)20-43-36(31)47-24-41(25-47)15-17-52-18-16-41/h6-14,19-20,28H,1,15-18,21-25H2,2-5H3,(H,44,49)(H,46,50)/b8-7-/t28-,40?,42?/m1/s1. The molecule has 2 saturated heterocycles. The highest BCUT2D eigenvalue weighted by Gasteiger charge is 2.65. The Balaban J connectivity index is 0.980. The van der Waals surface area contributed by atoms with Crippen LogP contribution in [0.1, 0.15) is 93.7 Å². The van der Waals surface area contributed by atoms with E-state index in [1.165, 1.54) is 11.3 Å². The zero-order valence-corrected chi connectivity index (χ0v) is 31.6. The maximum Gasteiger partial charge on any atom is 0.261 e. The van der Waals surface area contributed by atoms with E-state index in [1.54, 1.807) is 47.5 Å². The van der Waals surface area contributed by atoms with Crippen LogP contribution >= 0.6 is 11.3 Å². The maximum absolute atomic E-state index is 14.3. The number of aromatic nitrogens is 1. The molecule has 2 N–H and O–H groups in total. The van der Waals surface area contributed by atoms with E-state index < -0.39 is 6.04 Å². The topological polar surface area (TPSA) is 116 Å². The largest absolute Gasteiger partial charge is 0.381 e. The van der Waals surface area contributed by atoms with Crippen molar-refractivity contribution in [2.45, 2.75) is 71.4 Å². The average Bonchev–Trinajstić information content (AvgIpc) is 3.60. The number of thiophene rings is 1. The lowest BCUT2D eigenvalue weighted by molar-refractivity contribution is -0.132. The quantitative estimate of drug-likeness (QED) is 0.223. The van der Waals surface area contributed by atoms with Crippen molar-refractivity contribution in [3.05, 3.63) is 111 Å². The summed E-state index contributed by atoms with van der Waals surface area (Å²) >= 11 is 1.40. The Morgan fingerprint density at radius 3 is 2.42 bits per heavy atom. The number of nitrogens with one attached hydrogen (secondary N) is 2. The fourth-order valence-corrected chi connectivity index (χ4v) is 10.1. The van der Waals surface area contributed by atoms with Crippen molar-refractivity contribution >= 4 is 46.3 Å². The van der Waals surface area contributed by atoms with Crippen LogP contribution in [0, 0.1) is 17.8 Å². The Morgan fingerprint density at radius 1 is 1.02 bits per heavy atom. The minimum Gasteiger partial charge on any atom is -0.381 e. The van der Waals surface area contributed by atoms with Gasteiger partial charge in [0.15, 0.2) is 0 Å². The molecule has 11 heteroatoms. The number of hydrogen-bond donors (Lipinski definition) is 2. The highest BCUT2D eigenvalue weighted by Crippen LogP contribution is 2.66. The number of carbonyl (C=O) groups excluding carboxylic acids is 3. The van der Waals surface area contributed by atoms with Crippen molar-refractivity contribution in [3.63, 3.8) is 0 Å². The van der Waals surface area contributed by atoms with Gasteiger partial charge in [-0.2, -0.15) is 0 Å². The molecule has 0 unspecified atom stereocenters. The molecule has 0 radical (unpaired) electrons. The number of allylic oxidation sites excluding steroid dienone is 4. The fraction of sp³-hybridized carbons (Fsp3) is 0.405. The number of pyridine rings is 1. The van der Waals surface area contributed by atoms with Crippen LogP contribution in [0.2, 0.25) is 0 Å². The van der Waals surface area contributed by atoms with Crippen molar-refractivity contribution in [1.82, 2.24) is 15.2 Å². The summed E-state index contributed by atoms with van der Waals surface area (Å²) in [5.74, 6) is 0.208. The number of aryl methyl sites for hydroxylation is 1. The Bertz CT molecular complexity index is 2080. The van der Waals surface area contributed by atoms with Crippen LogP contribution in [-0.2, 0) is 4.74 Å². The number of aliphatic imine (C=N–C) groups is 1. The molecule has 53 heavy (non-hydrogen) atoms. The molecule has 1 aromatic carbocycles. The second-order valence-corrected chi connectivity index (χ2v) is 17.1. The predicted octanol–water partition coefficient (Wildman–Crippen LogP) is 7.30. The summed E-state index contributed by atoms with van der Waals surface area (Å²) in [4.78, 5) is 56.2. The lowest BCUT2D eigenvalue weighted by Crippen LogP contribution is -2.73. The summed E-state index contributed by atoms with van der Waals surface area (Å²) in [5.41, 5.74) is 5.16. The van der Waals surface area contributed by atoms with E-state index in [0.29, 0.717) is 50.0 Å². The van der Waals surface area contributed by atoms with Gasteiger partial charge in [-0.25, -0.2) is 9.98 Å². The van der Waals surface area contributed by atoms with Gasteiger partial charge in [0.1, 0.15) is 5.82 Å². The Labute approximate surface area is 314 Å². The van der Waals surface area contributed by atoms with Crippen molar-refractivity contribution < 1.29 is 19.1 Å². The van der Waals surface area contributed by atoms with Crippen LogP contribution in [0.3, 0.4) is 0 Å². The second-order valence-electron chi connectivity index (χ2n) is 16.0.